The van der Waals surface area contributed by atoms with Crippen LogP contribution in [0.3, 0.4) is 0 Å². The van der Waals surface area contributed by atoms with E-state index in [0.717, 1.165) is 18.8 Å². The number of fused-ring (bicyclic) bond motifs is 1. The Kier molecular flexibility index (Phi) is 3.48. The second kappa shape index (κ2) is 5.24. The molecule has 2 aromatic heterocycles. The van der Waals surface area contributed by atoms with E-state index in [1.807, 2.05) is 17.7 Å². The van der Waals surface area contributed by atoms with Crippen molar-refractivity contribution in [3.05, 3.63) is 40.1 Å². The predicted molar refractivity (Wildman–Crippen MR) is 75.0 cm³/mol. The smallest absolute Gasteiger partial charge is 0.0955 e. The Labute approximate surface area is 112 Å². The van der Waals surface area contributed by atoms with Crippen LogP contribution in [0.5, 0.6) is 0 Å². The fourth-order valence-corrected chi connectivity index (χ4v) is 3.65. The first-order chi connectivity index (χ1) is 8.88. The molecule has 0 saturated heterocycles. The van der Waals surface area contributed by atoms with Crippen molar-refractivity contribution in [1.82, 2.24) is 14.9 Å². The molecule has 0 spiro atoms. The van der Waals surface area contributed by atoms with Crippen LogP contribution in [0.2, 0.25) is 0 Å². The molecule has 0 aliphatic heterocycles. The van der Waals surface area contributed by atoms with Gasteiger partial charge in [-0.2, -0.15) is 0 Å². The van der Waals surface area contributed by atoms with Crippen LogP contribution in [-0.2, 0) is 13.0 Å². The molecule has 0 bridgehead atoms. The van der Waals surface area contributed by atoms with E-state index in [0.29, 0.717) is 6.04 Å². The molecule has 4 heteroatoms. The Morgan fingerprint density at radius 1 is 1.56 bits per heavy atom. The van der Waals surface area contributed by atoms with Crippen molar-refractivity contribution in [2.45, 2.75) is 38.8 Å². The molecule has 0 radical (unpaired) electrons. The van der Waals surface area contributed by atoms with E-state index >= 15 is 0 Å². The Morgan fingerprint density at radius 2 is 2.50 bits per heavy atom. The van der Waals surface area contributed by atoms with E-state index < -0.39 is 0 Å². The Hall–Kier alpha value is -1.13. The average Bonchev–Trinajstić information content (AvgIpc) is 3.04. The minimum absolute atomic E-state index is 0.503. The molecule has 0 saturated carbocycles. The maximum atomic E-state index is 4.49. The molecule has 1 aliphatic rings. The number of rotatable bonds is 4. The van der Waals surface area contributed by atoms with Crippen LogP contribution in [0.4, 0.5) is 0 Å². The minimum Gasteiger partial charge on any atom is -0.330 e. The van der Waals surface area contributed by atoms with E-state index in [4.69, 9.17) is 0 Å². The highest BCUT2D eigenvalue weighted by molar-refractivity contribution is 7.10. The maximum absolute atomic E-state index is 4.49. The Morgan fingerprint density at radius 3 is 3.39 bits per heavy atom. The van der Waals surface area contributed by atoms with Gasteiger partial charge >= 0.3 is 0 Å². The molecule has 2 heterocycles. The van der Waals surface area contributed by atoms with Crippen molar-refractivity contribution in [2.75, 3.05) is 6.54 Å². The van der Waals surface area contributed by atoms with Gasteiger partial charge in [0.1, 0.15) is 0 Å². The average molecular weight is 261 g/mol. The van der Waals surface area contributed by atoms with Gasteiger partial charge in [-0.05, 0) is 42.8 Å². The van der Waals surface area contributed by atoms with Crippen molar-refractivity contribution in [3.8, 4) is 0 Å². The summed E-state index contributed by atoms with van der Waals surface area (Å²) < 4.78 is 2.29. The number of nitrogens with zero attached hydrogens (tertiary/aromatic N) is 2. The van der Waals surface area contributed by atoms with Crippen LogP contribution in [0.25, 0.3) is 0 Å². The highest BCUT2D eigenvalue weighted by Crippen LogP contribution is 2.35. The van der Waals surface area contributed by atoms with Crippen molar-refractivity contribution in [3.63, 3.8) is 0 Å². The zero-order valence-corrected chi connectivity index (χ0v) is 11.5. The molecule has 18 heavy (non-hydrogen) atoms. The summed E-state index contributed by atoms with van der Waals surface area (Å²) in [5.41, 5.74) is 2.65. The van der Waals surface area contributed by atoms with Gasteiger partial charge in [0.15, 0.2) is 0 Å². The zero-order chi connectivity index (χ0) is 12.4. The molecule has 3 rings (SSSR count). The number of aryl methyl sites for hydroxylation is 1. The lowest BCUT2D eigenvalue weighted by molar-refractivity contribution is 0.494. The highest BCUT2D eigenvalue weighted by Gasteiger charge is 2.22. The third kappa shape index (κ3) is 2.22. The van der Waals surface area contributed by atoms with E-state index in [-0.39, 0.29) is 0 Å². The van der Waals surface area contributed by atoms with E-state index in [2.05, 4.69) is 39.4 Å². The number of hydrogen-bond donors (Lipinski definition) is 1. The summed E-state index contributed by atoms with van der Waals surface area (Å²) in [5.74, 6) is 0. The number of hydrogen-bond acceptors (Lipinski definition) is 3. The fourth-order valence-electron chi connectivity index (χ4n) is 2.67. The largest absolute Gasteiger partial charge is 0.330 e. The van der Waals surface area contributed by atoms with Crippen LogP contribution >= 0.6 is 11.3 Å². The zero-order valence-electron chi connectivity index (χ0n) is 10.7. The SMILES string of the molecule is CCNCc1cn(C2CCCc3sccc32)cn1. The third-order valence-corrected chi connectivity index (χ3v) is 4.59. The molecular formula is C14H19N3S. The molecule has 0 fully saturated rings. The molecule has 0 aromatic carbocycles. The lowest BCUT2D eigenvalue weighted by Crippen LogP contribution is -2.14. The monoisotopic (exact) mass is 261 g/mol. The van der Waals surface area contributed by atoms with Crippen LogP contribution in [0, 0.1) is 0 Å². The van der Waals surface area contributed by atoms with Gasteiger partial charge in [-0.3, -0.25) is 0 Å². The third-order valence-electron chi connectivity index (χ3n) is 3.59. The second-order valence-corrected chi connectivity index (χ2v) is 5.80. The molecule has 3 nitrogen and oxygen atoms in total. The lowest BCUT2D eigenvalue weighted by atomic mass is 9.94. The van der Waals surface area contributed by atoms with E-state index in [9.17, 15) is 0 Å². The first-order valence-electron chi connectivity index (χ1n) is 6.68. The van der Waals surface area contributed by atoms with Crippen LogP contribution < -0.4 is 5.32 Å². The normalized spacial score (nSPS) is 18.8. The first-order valence-corrected chi connectivity index (χ1v) is 7.55. The standard InChI is InChI=1S/C14H19N3S/c1-2-15-8-11-9-17(10-16-11)13-4-3-5-14-12(13)6-7-18-14/h6-7,9-10,13,15H,2-5,8H2,1H3. The summed E-state index contributed by atoms with van der Waals surface area (Å²) in [6.07, 6.45) is 7.96. The van der Waals surface area contributed by atoms with Gasteiger partial charge in [0, 0.05) is 17.6 Å². The van der Waals surface area contributed by atoms with Crippen LogP contribution in [0.15, 0.2) is 24.0 Å². The summed E-state index contributed by atoms with van der Waals surface area (Å²) >= 11 is 1.90. The summed E-state index contributed by atoms with van der Waals surface area (Å²) in [6, 6.07) is 2.79. The lowest BCUT2D eigenvalue weighted by Gasteiger charge is -2.23. The first kappa shape index (κ1) is 11.9. The highest BCUT2D eigenvalue weighted by atomic mass is 32.1. The molecule has 1 N–H and O–H groups in total. The molecule has 1 aliphatic carbocycles. The van der Waals surface area contributed by atoms with Crippen molar-refractivity contribution in [1.29, 1.82) is 0 Å². The Balaban J connectivity index is 1.82. The molecule has 2 aromatic rings. The summed E-state index contributed by atoms with van der Waals surface area (Å²) in [7, 11) is 0. The summed E-state index contributed by atoms with van der Waals surface area (Å²) in [6.45, 7) is 3.98. The number of aromatic nitrogens is 2. The molecule has 0 amide bonds. The van der Waals surface area contributed by atoms with Crippen molar-refractivity contribution >= 4 is 11.3 Å². The van der Waals surface area contributed by atoms with Crippen LogP contribution in [0.1, 0.15) is 41.9 Å². The quantitative estimate of drug-likeness (QED) is 0.917. The van der Waals surface area contributed by atoms with E-state index in [1.165, 1.54) is 24.8 Å². The summed E-state index contributed by atoms with van der Waals surface area (Å²) in [4.78, 5) is 6.05. The van der Waals surface area contributed by atoms with Gasteiger partial charge in [0.05, 0.1) is 18.1 Å². The fraction of sp³-hybridized carbons (Fsp3) is 0.500. The molecule has 96 valence electrons. The van der Waals surface area contributed by atoms with Gasteiger partial charge in [-0.15, -0.1) is 11.3 Å². The molecular weight excluding hydrogens is 242 g/mol. The topological polar surface area (TPSA) is 29.9 Å². The maximum Gasteiger partial charge on any atom is 0.0955 e. The van der Waals surface area contributed by atoms with Crippen LogP contribution in [-0.4, -0.2) is 16.1 Å². The second-order valence-electron chi connectivity index (χ2n) is 4.80. The summed E-state index contributed by atoms with van der Waals surface area (Å²) in [5, 5.41) is 5.54. The van der Waals surface area contributed by atoms with Gasteiger partial charge in [0.2, 0.25) is 0 Å². The molecule has 1 unspecified atom stereocenters. The van der Waals surface area contributed by atoms with Gasteiger partial charge in [0.25, 0.3) is 0 Å². The number of thiophene rings is 1. The molecule has 1 atom stereocenters. The predicted octanol–water partition coefficient (Wildman–Crippen LogP) is 2.98. The van der Waals surface area contributed by atoms with Crippen molar-refractivity contribution in [2.24, 2.45) is 0 Å². The number of imidazole rings is 1. The van der Waals surface area contributed by atoms with Crippen molar-refractivity contribution < 1.29 is 0 Å². The van der Waals surface area contributed by atoms with Gasteiger partial charge in [-0.1, -0.05) is 6.92 Å². The Bertz CT molecular complexity index is 515. The van der Waals surface area contributed by atoms with Gasteiger partial charge < -0.3 is 9.88 Å². The van der Waals surface area contributed by atoms with Gasteiger partial charge in [-0.25, -0.2) is 4.98 Å². The number of nitrogens with one attached hydrogen (secondary N) is 1. The minimum atomic E-state index is 0.503. The van der Waals surface area contributed by atoms with E-state index in [1.54, 1.807) is 4.88 Å².